The zero-order chi connectivity index (χ0) is 102. The zero-order valence-electron chi connectivity index (χ0n) is 88.3. The molecule has 18 heterocycles. The van der Waals surface area contributed by atoms with Gasteiger partial charge in [0.05, 0.1) is 0 Å². The predicted molar refractivity (Wildman–Crippen MR) is 576 cm³/mol. The Morgan fingerprint density at radius 3 is 0.371 bits per heavy atom. The van der Waals surface area contributed by atoms with E-state index in [0.29, 0.717) is 120 Å². The first-order valence-corrected chi connectivity index (χ1v) is 99.2. The molecule has 18 saturated heterocycles. The van der Waals surface area contributed by atoms with E-state index in [2.05, 4.69) is 233 Å². The standard InChI is InChI=1S/C78H164O36S2Si24/c1-35-117-79-119(37-3)81-118(36-2)82-120(38-4,80-117)86-126(50-46-116-44-42-48-124-94-130(54-68(13)14)103-136(60-74(25)26)105-131(95-124,55-69(15)16)107-138(62-76(29)30)108-132(96-124,56-70(17)18)106-137(104-130,61-75(27)28)113-140(112-136,114-138)64-78(33)34)88-121(39-5,83-117)87-125(85-119,89-122(40-6,84-118)90-126)49-45-115-43-41-47-123-91-127(51-65(7)8)97-133(57-71(19)20)99-128(92-123,52-66(9)10)101-135(59-73(23)24)102-129(93-123,53-67(11)12)100-134(98-127,58-72(21)22)110-139(109-133,111-135)63-77(31)32/h35-40,65-78H,1-6,41-64H2,7-34H3. The van der Waals surface area contributed by atoms with E-state index < -0.39 is 211 Å². The second-order valence-corrected chi connectivity index (χ2v) is 120. The summed E-state index contributed by atoms with van der Waals surface area (Å²) in [4.78, 5) is 0. The maximum Gasteiger partial charge on any atom is 0.507 e. The van der Waals surface area contributed by atoms with Gasteiger partial charge in [0.15, 0.2) is 0 Å². The summed E-state index contributed by atoms with van der Waals surface area (Å²) in [5.74, 6) is 1.40. The smallest absolute Gasteiger partial charge is 0.373 e. The Kier molecular flexibility index (Phi) is 35.6. The van der Waals surface area contributed by atoms with Gasteiger partial charge >= 0.3 is 211 Å². The molecule has 18 fully saturated rings. The molecule has 18 rings (SSSR count). The highest BCUT2D eigenvalue weighted by Gasteiger charge is 2.89. The largest absolute Gasteiger partial charge is 0.507 e. The van der Waals surface area contributed by atoms with Crippen molar-refractivity contribution in [3.05, 3.63) is 73.7 Å². The first kappa shape index (κ1) is 117. The van der Waals surface area contributed by atoms with Crippen molar-refractivity contribution in [3.8, 4) is 0 Å². The van der Waals surface area contributed by atoms with Gasteiger partial charge in [-0.2, -0.15) is 23.5 Å². The van der Waals surface area contributed by atoms with Crippen molar-refractivity contribution < 1.29 is 148 Å². The minimum atomic E-state index is -4.70. The van der Waals surface area contributed by atoms with Gasteiger partial charge < -0.3 is 148 Å². The van der Waals surface area contributed by atoms with E-state index in [0.717, 1.165) is 0 Å². The summed E-state index contributed by atoms with van der Waals surface area (Å²) < 4.78 is 285. The molecule has 0 atom stereocenters. The highest BCUT2D eigenvalue weighted by molar-refractivity contribution is 7.99. The van der Waals surface area contributed by atoms with E-state index in [4.69, 9.17) is 148 Å². The lowest BCUT2D eigenvalue weighted by atomic mass is 10.3. The molecule has 18 aliphatic heterocycles. The van der Waals surface area contributed by atoms with Crippen LogP contribution in [0.1, 0.15) is 207 Å². The maximum atomic E-state index is 8.21. The van der Waals surface area contributed by atoms with Crippen LogP contribution in [0.15, 0.2) is 73.7 Å². The van der Waals surface area contributed by atoms with Gasteiger partial charge in [-0.1, -0.05) is 194 Å². The topological polar surface area (TPSA) is 332 Å². The first-order valence-electron chi connectivity index (χ1n) is 51.3. The van der Waals surface area contributed by atoms with Gasteiger partial charge in [-0.3, -0.25) is 0 Å². The van der Waals surface area contributed by atoms with E-state index in [1.165, 1.54) is 34.2 Å². The van der Waals surface area contributed by atoms with Gasteiger partial charge in [-0.15, -0.1) is 39.5 Å². The Morgan fingerprint density at radius 1 is 0.143 bits per heavy atom. The molecule has 0 aromatic heterocycles. The molecule has 0 spiro atoms. The van der Waals surface area contributed by atoms with Crippen molar-refractivity contribution in [1.29, 1.82) is 0 Å². The van der Waals surface area contributed by atoms with E-state index in [9.17, 15) is 0 Å². The lowest BCUT2D eigenvalue weighted by Gasteiger charge is -2.64. The fourth-order valence-electron chi connectivity index (χ4n) is 21.2. The normalized spacial score (nSPS) is 45.0. The maximum absolute atomic E-state index is 8.21. The number of thioether (sulfide) groups is 2. The van der Waals surface area contributed by atoms with Gasteiger partial charge in [-0.25, -0.2) is 0 Å². The fourth-order valence-corrected chi connectivity index (χ4v) is 170. The molecule has 800 valence electrons. The quantitative estimate of drug-likeness (QED) is 0.0403. The van der Waals surface area contributed by atoms with Gasteiger partial charge in [0.1, 0.15) is 0 Å². The third kappa shape index (κ3) is 25.5. The molecule has 62 heteroatoms. The molecule has 0 aromatic rings. The Balaban J connectivity index is 0.764. The van der Waals surface area contributed by atoms with Crippen LogP contribution in [0.4, 0.5) is 0 Å². The van der Waals surface area contributed by atoms with Crippen LogP contribution in [0.5, 0.6) is 0 Å². The highest BCUT2D eigenvalue weighted by atomic mass is 32.2. The van der Waals surface area contributed by atoms with Crippen molar-refractivity contribution in [2.75, 3.05) is 23.0 Å². The molecule has 0 aromatic carbocycles. The van der Waals surface area contributed by atoms with Crippen molar-refractivity contribution in [2.45, 2.75) is 316 Å². The molecule has 140 heavy (non-hydrogen) atoms. The summed E-state index contributed by atoms with van der Waals surface area (Å²) in [7, 11) is -105. The molecule has 0 saturated carbocycles. The average Bonchev–Trinajstić information content (AvgIpc) is 0.695. The Bertz CT molecular complexity index is 3820. The molecule has 0 radical (unpaired) electrons. The lowest BCUT2D eigenvalue weighted by Crippen LogP contribution is -2.88. The van der Waals surface area contributed by atoms with Crippen LogP contribution in [0, 0.1) is 82.9 Å². The Morgan fingerprint density at radius 2 is 0.250 bits per heavy atom. The van der Waals surface area contributed by atoms with Gasteiger partial charge in [-0.05, 0) is 153 Å². The SMILES string of the molecule is C=C[Si]12O[Si]3(C=C)O[Si]4(C=C)O[Si](C=C)(O1)O[Si]1(CCSCCC[Si]56O[Si]7(CC(C)C)O[Si]8(CC(C)C)O[Si](CC(C)C)(O5)O[Si]5(CC(C)C)O[Si](CC(C)C)(O6)O[Si](CC(C)C)(O7)O[Si](CC(C)C)(O8)O5)O[Si](C=C)(O2)O[Si](CCSCCC[Si]25O[Si]6(CC(C)C)O[Si]7(CC(C)C)O[Si](CC(C)C)(O2)O[Si]2(CC(C)C)O[Si](CC(C)C)(O5)O[Si](CC(C)C)(O6)O[Si](CC(C)C)(O7)O2)(O3)O[Si](C=C)(O4)O1. The van der Waals surface area contributed by atoms with Crippen molar-refractivity contribution in [2.24, 2.45) is 82.9 Å². The second-order valence-electron chi connectivity index (χ2n) is 46.1. The molecular weight excluding hydrogens is 2250 g/mol. The Labute approximate surface area is 870 Å². The van der Waals surface area contributed by atoms with Crippen LogP contribution in [-0.4, -0.2) is 234 Å². The van der Waals surface area contributed by atoms with E-state index >= 15 is 0 Å². The Hall–Kier alpha value is 2.91. The van der Waals surface area contributed by atoms with Gasteiger partial charge in [0.25, 0.3) is 0 Å². The van der Waals surface area contributed by atoms with Crippen LogP contribution in [0.25, 0.3) is 0 Å². The second kappa shape index (κ2) is 42.7. The van der Waals surface area contributed by atoms with Gasteiger partial charge in [0, 0.05) is 109 Å². The number of hydrogen-bond acceptors (Lipinski definition) is 38. The molecule has 0 amide bonds. The summed E-state index contributed by atoms with van der Waals surface area (Å²) in [6, 6.07) is 5.71. The van der Waals surface area contributed by atoms with E-state index in [1.807, 2.05) is 0 Å². The van der Waals surface area contributed by atoms with Crippen LogP contribution in [-0.2, 0) is 148 Å². The molecule has 0 N–H and O–H groups in total. The summed E-state index contributed by atoms with van der Waals surface area (Å²) >= 11 is 3.22. The molecular formula is C78H164O36S2Si24. The predicted octanol–water partition coefficient (Wildman–Crippen LogP) is 19.1. The minimum absolute atomic E-state index is 0.00132. The van der Waals surface area contributed by atoms with Gasteiger partial charge in [0.2, 0.25) is 0 Å². The summed E-state index contributed by atoms with van der Waals surface area (Å²) in [6.45, 7) is 86.5. The van der Waals surface area contributed by atoms with Crippen LogP contribution in [0.2, 0.25) is 109 Å². The number of rotatable bonds is 48. The molecule has 24 bridgehead atoms. The highest BCUT2D eigenvalue weighted by Crippen LogP contribution is 2.62. The summed E-state index contributed by atoms with van der Waals surface area (Å²) in [5, 5.41) is 0. The van der Waals surface area contributed by atoms with Crippen molar-refractivity contribution in [1.82, 2.24) is 0 Å². The van der Waals surface area contributed by atoms with Crippen molar-refractivity contribution in [3.63, 3.8) is 0 Å². The van der Waals surface area contributed by atoms with Crippen LogP contribution >= 0.6 is 23.5 Å². The molecule has 0 aliphatic carbocycles. The lowest BCUT2D eigenvalue weighted by molar-refractivity contribution is -0.0396. The van der Waals surface area contributed by atoms with Crippen LogP contribution < -0.4 is 0 Å². The third-order valence-corrected chi connectivity index (χ3v) is 140. The van der Waals surface area contributed by atoms with E-state index in [1.54, 1.807) is 23.5 Å². The average molecular weight is 2420 g/mol. The summed E-state index contributed by atoms with van der Waals surface area (Å²) in [5.41, 5.74) is 8.85. The zero-order valence-corrected chi connectivity index (χ0v) is 114. The third-order valence-electron chi connectivity index (χ3n) is 24.3. The molecule has 18 aliphatic rings. The van der Waals surface area contributed by atoms with Crippen molar-refractivity contribution >= 4 is 235 Å². The molecule has 0 unspecified atom stereocenters. The molecule has 36 nitrogen and oxygen atoms in total. The first-order chi connectivity index (χ1) is 65.1. The summed E-state index contributed by atoms with van der Waals surface area (Å²) in [6.07, 6.45) is 0.900. The fraction of sp³-hybridized carbons (Fsp3) is 0.846. The minimum Gasteiger partial charge on any atom is -0.373 e. The van der Waals surface area contributed by atoms with Crippen LogP contribution in [0.3, 0.4) is 0 Å². The monoisotopic (exact) mass is 2410 g/mol. The number of hydrogen-bond donors (Lipinski definition) is 0. The van der Waals surface area contributed by atoms with E-state index in [-0.39, 0.29) is 107 Å².